The molecule has 27 heavy (non-hydrogen) atoms. The molecule has 0 saturated heterocycles. The van der Waals surface area contributed by atoms with Gasteiger partial charge in [-0.05, 0) is 41.6 Å². The summed E-state index contributed by atoms with van der Waals surface area (Å²) in [7, 11) is -3.87. The fourth-order valence-corrected chi connectivity index (χ4v) is 6.40. The molecular formula is C18H17ClN2O3S3. The summed E-state index contributed by atoms with van der Waals surface area (Å²) in [5.41, 5.74) is 6.92. The van der Waals surface area contributed by atoms with Crippen LogP contribution in [0.3, 0.4) is 0 Å². The molecule has 0 bridgehead atoms. The molecule has 142 valence electrons. The van der Waals surface area contributed by atoms with Gasteiger partial charge < -0.3 is 10.8 Å². The van der Waals surface area contributed by atoms with Gasteiger partial charge in [-0.25, -0.2) is 8.42 Å². The number of hydrogen-bond donors (Lipinski definition) is 3. The fraction of sp³-hybridized carbons (Fsp3) is 0.0556. The number of rotatable bonds is 5. The summed E-state index contributed by atoms with van der Waals surface area (Å²) >= 11 is 2.45. The molecule has 3 rings (SSSR count). The number of nitrogens with one attached hydrogen (secondary N) is 1. The van der Waals surface area contributed by atoms with E-state index in [1.54, 1.807) is 12.3 Å². The van der Waals surface area contributed by atoms with Crippen LogP contribution in [0.1, 0.15) is 4.88 Å². The molecular weight excluding hydrogens is 424 g/mol. The van der Waals surface area contributed by atoms with Gasteiger partial charge in [-0.3, -0.25) is 5.41 Å². The van der Waals surface area contributed by atoms with Gasteiger partial charge in [0.15, 0.2) is 0 Å². The molecule has 4 N–H and O–H groups in total. The lowest BCUT2D eigenvalue weighted by atomic mass is 10.1. The van der Waals surface area contributed by atoms with Crippen molar-refractivity contribution in [2.24, 2.45) is 5.73 Å². The highest BCUT2D eigenvalue weighted by Crippen LogP contribution is 2.38. The first-order chi connectivity index (χ1) is 12.3. The maximum absolute atomic E-state index is 13.2. The Kier molecular flexibility index (Phi) is 6.59. The largest absolute Gasteiger partial charge is 0.508 e. The predicted octanol–water partition coefficient (Wildman–Crippen LogP) is 4.38. The molecule has 2 aromatic carbocycles. The van der Waals surface area contributed by atoms with Crippen molar-refractivity contribution < 1.29 is 13.5 Å². The lowest BCUT2D eigenvalue weighted by Gasteiger charge is -2.09. The Bertz CT molecular complexity index is 1080. The first-order valence-corrected chi connectivity index (χ1v) is 11.0. The van der Waals surface area contributed by atoms with Gasteiger partial charge in [0.25, 0.3) is 0 Å². The van der Waals surface area contributed by atoms with Crippen LogP contribution < -0.4 is 5.73 Å². The molecule has 0 aliphatic rings. The van der Waals surface area contributed by atoms with Gasteiger partial charge in [0, 0.05) is 0 Å². The monoisotopic (exact) mass is 440 g/mol. The Morgan fingerprint density at radius 1 is 1.11 bits per heavy atom. The van der Waals surface area contributed by atoms with Crippen molar-refractivity contribution in [3.8, 4) is 16.9 Å². The van der Waals surface area contributed by atoms with E-state index < -0.39 is 9.84 Å². The molecule has 0 unspecified atom stereocenters. The van der Waals surface area contributed by atoms with Crippen LogP contribution in [0.4, 0.5) is 0 Å². The number of amidine groups is 1. The SMILES string of the molecule is CSc1sc(C(=N)N)cc1S(=O)(=O)c1cc(O)cc(-c2ccccc2)c1.Cl. The summed E-state index contributed by atoms with van der Waals surface area (Å²) in [5.74, 6) is -0.301. The maximum Gasteiger partial charge on any atom is 0.208 e. The van der Waals surface area contributed by atoms with E-state index in [4.69, 9.17) is 11.1 Å². The van der Waals surface area contributed by atoms with Crippen LogP contribution in [0.5, 0.6) is 5.75 Å². The highest BCUT2D eigenvalue weighted by Gasteiger charge is 2.26. The van der Waals surface area contributed by atoms with Crippen molar-refractivity contribution in [2.45, 2.75) is 14.0 Å². The average molecular weight is 441 g/mol. The van der Waals surface area contributed by atoms with Crippen LogP contribution in [0.25, 0.3) is 11.1 Å². The van der Waals surface area contributed by atoms with E-state index in [9.17, 15) is 13.5 Å². The third-order valence-corrected chi connectivity index (χ3v) is 8.03. The first-order valence-electron chi connectivity index (χ1n) is 7.49. The van der Waals surface area contributed by atoms with Crippen molar-refractivity contribution in [1.82, 2.24) is 0 Å². The number of thioether (sulfide) groups is 1. The molecule has 9 heteroatoms. The molecule has 5 nitrogen and oxygen atoms in total. The van der Waals surface area contributed by atoms with Gasteiger partial charge in [0.1, 0.15) is 11.6 Å². The summed E-state index contributed by atoms with van der Waals surface area (Å²) < 4.78 is 26.9. The highest BCUT2D eigenvalue weighted by atomic mass is 35.5. The number of phenolic OH excluding ortho intramolecular Hbond substituents is 1. The number of halogens is 1. The Labute approximate surface area is 172 Å². The zero-order chi connectivity index (χ0) is 18.9. The number of nitrogens with two attached hydrogens (primary N) is 1. The number of nitrogen functional groups attached to an aromatic ring is 1. The normalized spacial score (nSPS) is 11.0. The summed E-state index contributed by atoms with van der Waals surface area (Å²) in [6.07, 6.45) is 1.77. The second kappa shape index (κ2) is 8.35. The predicted molar refractivity (Wildman–Crippen MR) is 113 cm³/mol. The van der Waals surface area contributed by atoms with Gasteiger partial charge in [-0.2, -0.15) is 0 Å². The Morgan fingerprint density at radius 2 is 1.78 bits per heavy atom. The lowest BCUT2D eigenvalue weighted by molar-refractivity contribution is 0.473. The van der Waals surface area contributed by atoms with Crippen LogP contribution in [0.2, 0.25) is 0 Å². The van der Waals surface area contributed by atoms with Crippen LogP contribution >= 0.6 is 35.5 Å². The highest BCUT2D eigenvalue weighted by molar-refractivity contribution is 8.01. The zero-order valence-electron chi connectivity index (χ0n) is 14.2. The molecule has 0 spiro atoms. The molecule has 0 radical (unpaired) electrons. The van der Waals surface area contributed by atoms with E-state index in [1.807, 2.05) is 30.3 Å². The number of sulfone groups is 1. The third kappa shape index (κ3) is 4.30. The van der Waals surface area contributed by atoms with Gasteiger partial charge in [-0.15, -0.1) is 35.5 Å². The topological polar surface area (TPSA) is 104 Å². The number of hydrogen-bond acceptors (Lipinski definition) is 6. The maximum atomic E-state index is 13.2. The van der Waals surface area contributed by atoms with Crippen molar-refractivity contribution in [3.05, 3.63) is 59.5 Å². The smallest absolute Gasteiger partial charge is 0.208 e. The van der Waals surface area contributed by atoms with E-state index in [0.717, 1.165) is 5.56 Å². The standard InChI is InChI=1S/C18H16N2O3S3.ClH/c1-24-18-16(10-15(25-18)17(19)20)26(22,23)14-8-12(7-13(21)9-14)11-5-3-2-4-6-11;/h2-10,21H,1H3,(H3,19,20);1H. The second-order valence-corrected chi connectivity index (χ2v) is 9.51. The van der Waals surface area contributed by atoms with E-state index in [2.05, 4.69) is 0 Å². The fourth-order valence-electron chi connectivity index (χ4n) is 2.48. The molecule has 1 heterocycles. The molecule has 0 aliphatic carbocycles. The van der Waals surface area contributed by atoms with Crippen LogP contribution in [-0.4, -0.2) is 25.6 Å². The van der Waals surface area contributed by atoms with Crippen LogP contribution in [-0.2, 0) is 9.84 Å². The quantitative estimate of drug-likeness (QED) is 0.310. The molecule has 0 amide bonds. The third-order valence-electron chi connectivity index (χ3n) is 3.72. The minimum atomic E-state index is -3.87. The zero-order valence-corrected chi connectivity index (χ0v) is 17.4. The van der Waals surface area contributed by atoms with Crippen molar-refractivity contribution in [3.63, 3.8) is 0 Å². The minimum Gasteiger partial charge on any atom is -0.508 e. The summed E-state index contributed by atoms with van der Waals surface area (Å²) in [6, 6.07) is 15.0. The van der Waals surface area contributed by atoms with E-state index in [0.29, 0.717) is 14.6 Å². The summed E-state index contributed by atoms with van der Waals surface area (Å²) in [6.45, 7) is 0. The van der Waals surface area contributed by atoms with Crippen LogP contribution in [0, 0.1) is 5.41 Å². The molecule has 1 aromatic heterocycles. The van der Waals surface area contributed by atoms with Gasteiger partial charge in [-0.1, -0.05) is 30.3 Å². The molecule has 0 aliphatic heterocycles. The molecule has 0 saturated carbocycles. The van der Waals surface area contributed by atoms with Gasteiger partial charge in [0.05, 0.1) is 18.9 Å². The van der Waals surface area contributed by atoms with Crippen molar-refractivity contribution in [2.75, 3.05) is 6.26 Å². The van der Waals surface area contributed by atoms with Crippen molar-refractivity contribution >= 4 is 51.2 Å². The summed E-state index contributed by atoms with van der Waals surface area (Å²) in [5, 5.41) is 17.6. The Morgan fingerprint density at radius 3 is 2.37 bits per heavy atom. The lowest BCUT2D eigenvalue weighted by Crippen LogP contribution is -2.08. The molecule has 0 fully saturated rings. The first kappa shape index (κ1) is 21.3. The van der Waals surface area contributed by atoms with E-state index in [-0.39, 0.29) is 33.8 Å². The number of phenols is 1. The number of thiophene rings is 1. The number of benzene rings is 2. The van der Waals surface area contributed by atoms with Gasteiger partial charge >= 0.3 is 0 Å². The average Bonchev–Trinajstić information content (AvgIpc) is 3.07. The van der Waals surface area contributed by atoms with Crippen LogP contribution in [0.15, 0.2) is 68.6 Å². The van der Waals surface area contributed by atoms with E-state index in [1.165, 1.54) is 41.3 Å². The number of aromatic hydroxyl groups is 1. The minimum absolute atomic E-state index is 0. The molecule has 0 atom stereocenters. The van der Waals surface area contributed by atoms with Gasteiger partial charge in [0.2, 0.25) is 9.84 Å². The summed E-state index contributed by atoms with van der Waals surface area (Å²) in [4.78, 5) is 0.501. The van der Waals surface area contributed by atoms with E-state index >= 15 is 0 Å². The Balaban J connectivity index is 0.00000261. The van der Waals surface area contributed by atoms with Crippen molar-refractivity contribution in [1.29, 1.82) is 5.41 Å². The Hall–Kier alpha value is -2.00. The second-order valence-electron chi connectivity index (χ2n) is 5.47. The molecule has 3 aromatic rings.